The van der Waals surface area contributed by atoms with Gasteiger partial charge < -0.3 is 8.97 Å². The third kappa shape index (κ3) is 12.3. The molecule has 0 aliphatic heterocycles. The van der Waals surface area contributed by atoms with Crippen molar-refractivity contribution in [2.75, 3.05) is 66.9 Å². The first kappa shape index (κ1) is 17.9. The highest BCUT2D eigenvalue weighted by molar-refractivity contribution is 7.91. The summed E-state index contributed by atoms with van der Waals surface area (Å²) in [6.45, 7) is 1.81. The fraction of sp³-hybridized carbons (Fsp3) is 1.00. The summed E-state index contributed by atoms with van der Waals surface area (Å²) in [4.78, 5) is 0. The largest absolute Gasteiger partial charge is 0.331 e. The van der Waals surface area contributed by atoms with E-state index in [0.29, 0.717) is 22.5 Å². The Labute approximate surface area is 114 Å². The molecule has 0 unspecified atom stereocenters. The van der Waals surface area contributed by atoms with Crippen molar-refractivity contribution in [3.05, 3.63) is 0 Å². The van der Waals surface area contributed by atoms with Crippen LogP contribution in [-0.2, 0) is 9.84 Å². The zero-order valence-corrected chi connectivity index (χ0v) is 13.9. The SMILES string of the molecule is C[N+](C)(C)CCCCCS(=O)(=O)CC[N+](C)(C)C. The van der Waals surface area contributed by atoms with Gasteiger partial charge in [0.25, 0.3) is 0 Å². The van der Waals surface area contributed by atoms with Crippen LogP contribution in [0.25, 0.3) is 0 Å². The Bertz CT molecular complexity index is 324. The van der Waals surface area contributed by atoms with Crippen LogP contribution in [0.1, 0.15) is 19.3 Å². The predicted octanol–water partition coefficient (Wildman–Crippen LogP) is 0.984. The summed E-state index contributed by atoms with van der Waals surface area (Å²) < 4.78 is 25.3. The van der Waals surface area contributed by atoms with Crippen LogP contribution in [0.4, 0.5) is 0 Å². The molecule has 0 fully saturated rings. The average molecular weight is 280 g/mol. The number of quaternary nitrogens is 2. The highest BCUT2D eigenvalue weighted by atomic mass is 32.2. The number of sulfone groups is 1. The molecule has 0 atom stereocenters. The Hall–Kier alpha value is -0.130. The van der Waals surface area contributed by atoms with E-state index in [9.17, 15) is 8.42 Å². The van der Waals surface area contributed by atoms with Gasteiger partial charge in [0, 0.05) is 0 Å². The molecule has 0 bridgehead atoms. The second-order valence-electron chi connectivity index (χ2n) is 7.24. The summed E-state index contributed by atoms with van der Waals surface area (Å²) >= 11 is 0. The molecule has 0 spiro atoms. The summed E-state index contributed by atoms with van der Waals surface area (Å²) in [6.07, 6.45) is 2.92. The molecule has 0 rings (SSSR count). The van der Waals surface area contributed by atoms with Gasteiger partial charge in [0.05, 0.1) is 66.9 Å². The summed E-state index contributed by atoms with van der Waals surface area (Å²) in [7, 11) is 9.72. The monoisotopic (exact) mass is 280 g/mol. The molecule has 0 aliphatic rings. The van der Waals surface area contributed by atoms with Crippen molar-refractivity contribution >= 4 is 9.84 Å². The summed E-state index contributed by atoms with van der Waals surface area (Å²) in [6, 6.07) is 0. The summed E-state index contributed by atoms with van der Waals surface area (Å²) in [5, 5.41) is 0. The van der Waals surface area contributed by atoms with Gasteiger partial charge in [-0.2, -0.15) is 0 Å². The molecule has 0 aliphatic carbocycles. The van der Waals surface area contributed by atoms with E-state index in [0.717, 1.165) is 30.3 Å². The predicted molar refractivity (Wildman–Crippen MR) is 78.3 cm³/mol. The smallest absolute Gasteiger partial charge is 0.155 e. The summed E-state index contributed by atoms with van der Waals surface area (Å²) in [5.41, 5.74) is 0. The van der Waals surface area contributed by atoms with Crippen molar-refractivity contribution in [3.8, 4) is 0 Å². The molecular formula is C13H32N2O2S+2. The Morgan fingerprint density at radius 1 is 0.667 bits per heavy atom. The van der Waals surface area contributed by atoms with Gasteiger partial charge in [0.1, 0.15) is 0 Å². The van der Waals surface area contributed by atoms with Crippen LogP contribution in [0.15, 0.2) is 0 Å². The van der Waals surface area contributed by atoms with Gasteiger partial charge >= 0.3 is 0 Å². The van der Waals surface area contributed by atoms with E-state index in [4.69, 9.17) is 0 Å². The molecule has 0 N–H and O–H groups in total. The van der Waals surface area contributed by atoms with Crippen LogP contribution in [0.5, 0.6) is 0 Å². The quantitative estimate of drug-likeness (QED) is 0.466. The van der Waals surface area contributed by atoms with Gasteiger partial charge in [0.2, 0.25) is 0 Å². The molecule has 110 valence electrons. The Morgan fingerprint density at radius 3 is 1.61 bits per heavy atom. The maximum atomic E-state index is 11.8. The lowest BCUT2D eigenvalue weighted by atomic mass is 10.2. The van der Waals surface area contributed by atoms with Crippen LogP contribution in [0.2, 0.25) is 0 Å². The minimum atomic E-state index is -2.85. The normalized spacial score (nSPS) is 13.9. The molecule has 0 aromatic carbocycles. The fourth-order valence-electron chi connectivity index (χ4n) is 1.60. The first-order valence-corrected chi connectivity index (χ1v) is 8.55. The van der Waals surface area contributed by atoms with Crippen molar-refractivity contribution < 1.29 is 17.4 Å². The molecule has 0 aromatic rings. The van der Waals surface area contributed by atoms with E-state index in [1.807, 2.05) is 21.1 Å². The van der Waals surface area contributed by atoms with Crippen LogP contribution >= 0.6 is 0 Å². The minimum absolute atomic E-state index is 0.311. The van der Waals surface area contributed by atoms with Crippen molar-refractivity contribution in [1.29, 1.82) is 0 Å². The molecule has 5 heteroatoms. The fourth-order valence-corrected chi connectivity index (χ4v) is 3.27. The number of hydrogen-bond acceptors (Lipinski definition) is 2. The van der Waals surface area contributed by atoms with Gasteiger partial charge in [-0.25, -0.2) is 8.42 Å². The van der Waals surface area contributed by atoms with E-state index in [1.54, 1.807) is 0 Å². The number of hydrogen-bond donors (Lipinski definition) is 0. The van der Waals surface area contributed by atoms with Gasteiger partial charge in [-0.3, -0.25) is 0 Å². The molecule has 18 heavy (non-hydrogen) atoms. The Balaban J connectivity index is 3.79. The lowest BCUT2D eigenvalue weighted by Gasteiger charge is -2.24. The third-order valence-corrected chi connectivity index (χ3v) is 4.57. The standard InChI is InChI=1S/C13H32N2O2S/c1-14(2,3)10-8-7-9-12-18(16,17)13-11-15(4,5)6/h7-13H2,1-6H3/q+2. The van der Waals surface area contributed by atoms with E-state index < -0.39 is 9.84 Å². The van der Waals surface area contributed by atoms with Gasteiger partial charge in [-0.15, -0.1) is 0 Å². The van der Waals surface area contributed by atoms with Crippen LogP contribution < -0.4 is 0 Å². The number of unbranched alkanes of at least 4 members (excludes halogenated alkanes) is 2. The molecular weight excluding hydrogens is 248 g/mol. The van der Waals surface area contributed by atoms with Gasteiger partial charge in [0.15, 0.2) is 9.84 Å². The second-order valence-corrected chi connectivity index (χ2v) is 9.54. The first-order valence-electron chi connectivity index (χ1n) is 6.73. The average Bonchev–Trinajstić information content (AvgIpc) is 2.11. The minimum Gasteiger partial charge on any atom is -0.331 e. The van der Waals surface area contributed by atoms with Crippen molar-refractivity contribution in [1.82, 2.24) is 0 Å². The molecule has 0 amide bonds. The maximum Gasteiger partial charge on any atom is 0.155 e. The zero-order valence-electron chi connectivity index (χ0n) is 13.1. The van der Waals surface area contributed by atoms with E-state index in [2.05, 4.69) is 21.1 Å². The van der Waals surface area contributed by atoms with Crippen molar-refractivity contribution in [2.24, 2.45) is 0 Å². The van der Waals surface area contributed by atoms with Crippen LogP contribution in [-0.4, -0.2) is 84.3 Å². The molecule has 4 nitrogen and oxygen atoms in total. The highest BCUT2D eigenvalue weighted by Gasteiger charge is 2.16. The number of rotatable bonds is 9. The maximum absolute atomic E-state index is 11.8. The zero-order chi connectivity index (χ0) is 14.4. The summed E-state index contributed by atoms with van der Waals surface area (Å²) in [5.74, 6) is 0.663. The topological polar surface area (TPSA) is 34.1 Å². The number of nitrogens with zero attached hydrogens (tertiary/aromatic N) is 2. The lowest BCUT2D eigenvalue weighted by molar-refractivity contribution is -0.870. The molecule has 0 radical (unpaired) electrons. The van der Waals surface area contributed by atoms with Crippen LogP contribution in [0.3, 0.4) is 0 Å². The van der Waals surface area contributed by atoms with Crippen molar-refractivity contribution in [2.45, 2.75) is 19.3 Å². The Morgan fingerprint density at radius 2 is 1.17 bits per heavy atom. The van der Waals surface area contributed by atoms with Gasteiger partial charge in [-0.05, 0) is 19.3 Å². The highest BCUT2D eigenvalue weighted by Crippen LogP contribution is 2.04. The van der Waals surface area contributed by atoms with Gasteiger partial charge in [-0.1, -0.05) is 0 Å². The Kier molecular flexibility index (Phi) is 6.82. The van der Waals surface area contributed by atoms with E-state index in [-0.39, 0.29) is 0 Å². The molecule has 0 saturated carbocycles. The molecule has 0 aromatic heterocycles. The van der Waals surface area contributed by atoms with E-state index >= 15 is 0 Å². The molecule has 0 heterocycles. The van der Waals surface area contributed by atoms with E-state index in [1.165, 1.54) is 0 Å². The van der Waals surface area contributed by atoms with Crippen LogP contribution in [0, 0.1) is 0 Å². The first-order chi connectivity index (χ1) is 7.91. The molecule has 0 saturated heterocycles. The third-order valence-electron chi connectivity index (χ3n) is 2.86. The second kappa shape index (κ2) is 6.87. The van der Waals surface area contributed by atoms with Crippen molar-refractivity contribution in [3.63, 3.8) is 0 Å². The lowest BCUT2D eigenvalue weighted by Crippen LogP contribution is -2.39.